The summed E-state index contributed by atoms with van der Waals surface area (Å²) in [5, 5.41) is 5.20. The van der Waals surface area contributed by atoms with Crippen molar-refractivity contribution in [3.05, 3.63) is 53.1 Å². The van der Waals surface area contributed by atoms with Gasteiger partial charge in [-0.15, -0.1) is 0 Å². The maximum Gasteiger partial charge on any atom is 1.00 e. The molecule has 3 rings (SSSR count). The Labute approximate surface area is 169 Å². The number of hydrogen-bond donors (Lipinski definition) is 1. The largest absolute Gasteiger partial charge is 1.00 e. The van der Waals surface area contributed by atoms with Crippen LogP contribution in [0.5, 0.6) is 0 Å². The first-order chi connectivity index (χ1) is 11.5. The molecule has 0 bridgehead atoms. The van der Waals surface area contributed by atoms with Gasteiger partial charge in [0.25, 0.3) is 0 Å². The topological polar surface area (TPSA) is 86.3 Å². The second-order valence-electron chi connectivity index (χ2n) is 5.90. The monoisotopic (exact) mass is 367 g/mol. The van der Waals surface area contributed by atoms with E-state index < -0.39 is 10.1 Å². The van der Waals surface area contributed by atoms with Crippen LogP contribution in [0.15, 0.2) is 42.0 Å². The number of nitrogens with one attached hydrogen (secondary N) is 1. The SMILES string of the molecule is O=C1C(CNCCCCS(=O)(=O)[O-])=Cc2cccc3cccc1c23.[Na+]. The summed E-state index contributed by atoms with van der Waals surface area (Å²) in [6.07, 6.45) is 2.82. The molecule has 0 fully saturated rings. The van der Waals surface area contributed by atoms with Crippen molar-refractivity contribution in [1.82, 2.24) is 5.32 Å². The van der Waals surface area contributed by atoms with E-state index in [0.717, 1.165) is 21.9 Å². The zero-order valence-corrected chi connectivity index (χ0v) is 16.9. The van der Waals surface area contributed by atoms with Crippen molar-refractivity contribution in [3.63, 3.8) is 0 Å². The van der Waals surface area contributed by atoms with Crippen molar-refractivity contribution in [2.75, 3.05) is 18.8 Å². The molecule has 25 heavy (non-hydrogen) atoms. The Bertz CT molecular complexity index is 917. The summed E-state index contributed by atoms with van der Waals surface area (Å²) >= 11 is 0. The van der Waals surface area contributed by atoms with Gasteiger partial charge in [0.2, 0.25) is 0 Å². The third-order valence-electron chi connectivity index (χ3n) is 4.12. The van der Waals surface area contributed by atoms with E-state index in [-0.39, 0.29) is 41.1 Å². The molecule has 0 unspecified atom stereocenters. The Morgan fingerprint density at radius 2 is 1.76 bits per heavy atom. The Morgan fingerprint density at radius 3 is 2.48 bits per heavy atom. The molecule has 0 saturated heterocycles. The molecule has 0 saturated carbocycles. The molecule has 0 amide bonds. The molecule has 0 aliphatic heterocycles. The molecule has 126 valence electrons. The fourth-order valence-corrected chi connectivity index (χ4v) is 3.55. The normalized spacial score (nSPS) is 13.5. The minimum Gasteiger partial charge on any atom is -0.748 e. The summed E-state index contributed by atoms with van der Waals surface area (Å²) in [4.78, 5) is 12.6. The van der Waals surface area contributed by atoms with Gasteiger partial charge in [0.15, 0.2) is 5.78 Å². The standard InChI is InChI=1S/C18H19NO4S.Na/c20-18-15(12-19-9-1-2-10-24(21,22)23)11-14-7-3-5-13-6-4-8-16(18)17(13)14;/h3-8,11,19H,1-2,9-10,12H2,(H,21,22,23);/q;+1/p-1. The molecule has 0 radical (unpaired) electrons. The van der Waals surface area contributed by atoms with Crippen molar-refractivity contribution in [1.29, 1.82) is 0 Å². The average molecular weight is 367 g/mol. The van der Waals surface area contributed by atoms with Crippen LogP contribution in [0.1, 0.15) is 28.8 Å². The van der Waals surface area contributed by atoms with Gasteiger partial charge in [0, 0.05) is 28.8 Å². The zero-order chi connectivity index (χ0) is 17.2. The van der Waals surface area contributed by atoms with Crippen LogP contribution in [0.4, 0.5) is 0 Å². The van der Waals surface area contributed by atoms with E-state index in [1.807, 2.05) is 42.5 Å². The van der Waals surface area contributed by atoms with Crippen molar-refractivity contribution < 1.29 is 47.3 Å². The summed E-state index contributed by atoms with van der Waals surface area (Å²) in [5.74, 6) is -0.319. The molecule has 0 spiro atoms. The molecule has 2 aromatic carbocycles. The molecule has 1 aliphatic rings. The quantitative estimate of drug-likeness (QED) is 0.399. The van der Waals surface area contributed by atoms with Gasteiger partial charge in [0.05, 0.1) is 10.1 Å². The van der Waals surface area contributed by atoms with E-state index in [1.54, 1.807) is 0 Å². The Kier molecular flexibility index (Phi) is 6.96. The number of carbonyl (C=O) groups excluding carboxylic acids is 1. The van der Waals surface area contributed by atoms with Crippen LogP contribution in [0, 0.1) is 0 Å². The molecule has 5 nitrogen and oxygen atoms in total. The fraction of sp³-hybridized carbons (Fsp3) is 0.278. The molecule has 0 atom stereocenters. The number of ketones is 1. The van der Waals surface area contributed by atoms with Crippen molar-refractivity contribution in [3.8, 4) is 0 Å². The van der Waals surface area contributed by atoms with Gasteiger partial charge in [-0.2, -0.15) is 0 Å². The fourth-order valence-electron chi connectivity index (χ4n) is 2.99. The van der Waals surface area contributed by atoms with Crippen LogP contribution in [0.25, 0.3) is 16.8 Å². The number of unbranched alkanes of at least 4 members (excludes halogenated alkanes) is 1. The summed E-state index contributed by atoms with van der Waals surface area (Å²) < 4.78 is 31.6. The predicted octanol–water partition coefficient (Wildman–Crippen LogP) is -0.661. The molecule has 0 aromatic heterocycles. The molecular weight excluding hydrogens is 349 g/mol. The van der Waals surface area contributed by atoms with Gasteiger partial charge in [-0.25, -0.2) is 8.42 Å². The average Bonchev–Trinajstić information content (AvgIpc) is 2.54. The minimum absolute atomic E-state index is 0. The molecule has 0 heterocycles. The van der Waals surface area contributed by atoms with Gasteiger partial charge in [0.1, 0.15) is 0 Å². The summed E-state index contributed by atoms with van der Waals surface area (Å²) in [6, 6.07) is 11.7. The first-order valence-corrected chi connectivity index (χ1v) is 9.45. The number of carbonyl (C=O) groups is 1. The molecule has 1 aliphatic carbocycles. The Hall–Kier alpha value is -1.02. The maximum atomic E-state index is 12.6. The smallest absolute Gasteiger partial charge is 0.748 e. The van der Waals surface area contributed by atoms with E-state index in [2.05, 4.69) is 5.32 Å². The Morgan fingerprint density at radius 1 is 1.04 bits per heavy atom. The number of Topliss-reactive ketones (excluding diaryl/α,β-unsaturated/α-hetero) is 1. The van der Waals surface area contributed by atoms with Crippen LogP contribution in [-0.2, 0) is 10.1 Å². The van der Waals surface area contributed by atoms with Crippen molar-refractivity contribution in [2.45, 2.75) is 12.8 Å². The molecule has 7 heteroatoms. The van der Waals surface area contributed by atoms with Gasteiger partial charge < -0.3 is 9.87 Å². The second-order valence-corrected chi connectivity index (χ2v) is 7.42. The van der Waals surface area contributed by atoms with E-state index in [1.165, 1.54) is 0 Å². The summed E-state index contributed by atoms with van der Waals surface area (Å²) in [5.41, 5.74) is 2.45. The van der Waals surface area contributed by atoms with Crippen LogP contribution in [0.3, 0.4) is 0 Å². The van der Waals surface area contributed by atoms with E-state index in [4.69, 9.17) is 0 Å². The second kappa shape index (κ2) is 8.58. The van der Waals surface area contributed by atoms with Gasteiger partial charge in [-0.1, -0.05) is 36.4 Å². The minimum atomic E-state index is -4.14. The van der Waals surface area contributed by atoms with E-state index in [9.17, 15) is 17.8 Å². The number of rotatable bonds is 7. The maximum absolute atomic E-state index is 12.6. The van der Waals surface area contributed by atoms with Crippen LogP contribution >= 0.6 is 0 Å². The van der Waals surface area contributed by atoms with Crippen LogP contribution in [-0.4, -0.2) is 37.6 Å². The van der Waals surface area contributed by atoms with Crippen LogP contribution in [0.2, 0.25) is 0 Å². The number of hydrogen-bond acceptors (Lipinski definition) is 5. The van der Waals surface area contributed by atoms with E-state index in [0.29, 0.717) is 31.5 Å². The first-order valence-electron chi connectivity index (χ1n) is 7.87. The summed E-state index contributed by atoms with van der Waals surface area (Å²) in [7, 11) is -4.14. The third kappa shape index (κ3) is 5.00. The van der Waals surface area contributed by atoms with Gasteiger partial charge >= 0.3 is 29.6 Å². The summed E-state index contributed by atoms with van der Waals surface area (Å²) in [6.45, 7) is 0.986. The van der Waals surface area contributed by atoms with E-state index >= 15 is 0 Å². The number of benzene rings is 2. The first kappa shape index (κ1) is 20.3. The van der Waals surface area contributed by atoms with Gasteiger partial charge in [-0.3, -0.25) is 4.79 Å². The van der Waals surface area contributed by atoms with Gasteiger partial charge in [-0.05, 0) is 36.4 Å². The van der Waals surface area contributed by atoms with Crippen molar-refractivity contribution >= 4 is 32.7 Å². The Balaban J connectivity index is 0.00000225. The predicted molar refractivity (Wildman–Crippen MR) is 92.9 cm³/mol. The zero-order valence-electron chi connectivity index (χ0n) is 14.1. The molecule has 2 aromatic rings. The molecular formula is C18H18NNaO4S. The van der Waals surface area contributed by atoms with Crippen LogP contribution < -0.4 is 34.9 Å². The third-order valence-corrected chi connectivity index (χ3v) is 4.90. The van der Waals surface area contributed by atoms with Crippen molar-refractivity contribution in [2.24, 2.45) is 0 Å². The molecule has 1 N–H and O–H groups in total.